The molecule has 0 bridgehead atoms. The molecule has 234 valence electrons. The van der Waals surface area contributed by atoms with E-state index in [2.05, 4.69) is 129 Å². The fourth-order valence-electron chi connectivity index (χ4n) is 5.14. The third-order valence-corrected chi connectivity index (χ3v) is 6.35. The van der Waals surface area contributed by atoms with E-state index in [4.69, 9.17) is 34.1 Å². The molecule has 0 nitrogen and oxygen atoms in total. The Balaban J connectivity index is 0.000000645. The quantitative estimate of drug-likeness (QED) is 0.123. The van der Waals surface area contributed by atoms with Gasteiger partial charge < -0.3 is 22.6 Å². The third kappa shape index (κ3) is 19.3. The summed E-state index contributed by atoms with van der Waals surface area (Å²) in [5.41, 5.74) is 6.00. The molecule has 0 saturated carbocycles. The van der Waals surface area contributed by atoms with E-state index in [1.807, 2.05) is 0 Å². The van der Waals surface area contributed by atoms with Gasteiger partial charge in [0.05, 0.1) is 0 Å². The van der Waals surface area contributed by atoms with E-state index < -0.39 is 41.7 Å². The van der Waals surface area contributed by atoms with Crippen LogP contribution in [0.1, 0.15) is 77.6 Å². The average molecular weight is 835 g/mol. The van der Waals surface area contributed by atoms with Crippen LogP contribution in [-0.2, 0) is 67.4 Å². The second kappa shape index (κ2) is 25.8. The van der Waals surface area contributed by atoms with E-state index in [0.717, 1.165) is 23.7 Å². The second-order valence-electron chi connectivity index (χ2n) is 12.4. The molecule has 7 heteroatoms. The number of rotatable bonds is 8. The summed E-state index contributed by atoms with van der Waals surface area (Å²) in [7, 11) is 20.3. The zero-order valence-electron chi connectivity index (χ0n) is 27.3. The summed E-state index contributed by atoms with van der Waals surface area (Å²) in [4.78, 5) is 0. The maximum atomic E-state index is 4.93. The van der Waals surface area contributed by atoms with Gasteiger partial charge >= 0.3 is 75.7 Å². The van der Waals surface area contributed by atoms with E-state index in [9.17, 15) is 0 Å². The summed E-state index contributed by atoms with van der Waals surface area (Å²) < 4.78 is 0. The number of halogens is 4. The molecule has 0 aliphatic rings. The van der Waals surface area contributed by atoms with Crippen molar-refractivity contribution in [1.82, 2.24) is 0 Å². The van der Waals surface area contributed by atoms with Gasteiger partial charge in [-0.2, -0.15) is 12.1 Å². The molecule has 0 aromatic heterocycles. The fraction of sp³-hybridized carbons (Fsp3) is 0.444. The molecule has 4 aromatic rings. The number of hydrogen-bond donors (Lipinski definition) is 0. The van der Waals surface area contributed by atoms with Gasteiger partial charge in [0, 0.05) is 0 Å². The zero-order valence-corrected chi connectivity index (χ0v) is 36.3. The zero-order chi connectivity index (χ0) is 32.9. The molecule has 0 unspecified atom stereocenters. The second-order valence-corrected chi connectivity index (χ2v) is 20.3. The van der Waals surface area contributed by atoms with Gasteiger partial charge in [-0.3, -0.25) is 0 Å². The Morgan fingerprint density at radius 2 is 0.860 bits per heavy atom. The Morgan fingerprint density at radius 1 is 0.581 bits per heavy atom. The first-order chi connectivity index (χ1) is 20.4. The first-order valence-electron chi connectivity index (χ1n) is 14.9. The van der Waals surface area contributed by atoms with E-state index in [1.165, 1.54) is 69.5 Å². The molecule has 0 aliphatic heterocycles. The van der Waals surface area contributed by atoms with Crippen molar-refractivity contribution >= 4 is 65.1 Å². The van der Waals surface area contributed by atoms with E-state index >= 15 is 0 Å². The van der Waals surface area contributed by atoms with Crippen LogP contribution >= 0.6 is 34.1 Å². The summed E-state index contributed by atoms with van der Waals surface area (Å²) in [5.74, 6) is 2.92. The van der Waals surface area contributed by atoms with Gasteiger partial charge in [-0.1, -0.05) is 78.6 Å². The number of fused-ring (bicyclic) bond motifs is 2. The van der Waals surface area contributed by atoms with Crippen LogP contribution in [0, 0.1) is 36.8 Å². The molecule has 0 atom stereocenters. The van der Waals surface area contributed by atoms with Crippen LogP contribution in [0.25, 0.3) is 21.5 Å². The first kappa shape index (κ1) is 43.8. The monoisotopic (exact) mass is 830 g/mol. The van der Waals surface area contributed by atoms with Crippen LogP contribution in [0.15, 0.2) is 60.7 Å². The number of benzene rings is 2. The van der Waals surface area contributed by atoms with Crippen LogP contribution in [0.3, 0.4) is 0 Å². The Bertz CT molecular complexity index is 1150. The Morgan fingerprint density at radius 3 is 1.12 bits per heavy atom. The van der Waals surface area contributed by atoms with Crippen molar-refractivity contribution < 1.29 is 41.7 Å². The van der Waals surface area contributed by atoms with Crippen LogP contribution < -0.4 is 0 Å². The van der Waals surface area contributed by atoms with Gasteiger partial charge in [0.2, 0.25) is 0 Å². The summed E-state index contributed by atoms with van der Waals surface area (Å²) >= 11 is -1.65. The van der Waals surface area contributed by atoms with Gasteiger partial charge in [0.25, 0.3) is 0 Å². The minimum absolute atomic E-state index is 0.583. The van der Waals surface area contributed by atoms with Crippen LogP contribution in [-0.4, -0.2) is 9.52 Å². The molecular formula is C36H50Cl4SiZr2. The van der Waals surface area contributed by atoms with Crippen molar-refractivity contribution in [3.63, 3.8) is 0 Å². The van der Waals surface area contributed by atoms with Crippen LogP contribution in [0.5, 0.6) is 0 Å². The molecule has 0 N–H and O–H groups in total. The summed E-state index contributed by atoms with van der Waals surface area (Å²) in [6.07, 6.45) is 4.75. The third-order valence-electron chi connectivity index (χ3n) is 6.35. The van der Waals surface area contributed by atoms with E-state index in [1.54, 1.807) is 0 Å². The summed E-state index contributed by atoms with van der Waals surface area (Å²) in [5, 5.41) is 5.77. The molecule has 0 heterocycles. The molecule has 2 radical (unpaired) electrons. The fourth-order valence-corrected chi connectivity index (χ4v) is 5.14. The van der Waals surface area contributed by atoms with Crippen molar-refractivity contribution in [2.75, 3.05) is 0 Å². The molecule has 0 saturated heterocycles. The van der Waals surface area contributed by atoms with Crippen molar-refractivity contribution in [3.05, 3.63) is 96.0 Å². The van der Waals surface area contributed by atoms with Gasteiger partial charge in [-0.15, -0.1) is 69.1 Å². The molecule has 0 spiro atoms. The normalized spacial score (nSPS) is 10.3. The van der Waals surface area contributed by atoms with Crippen molar-refractivity contribution in [2.24, 2.45) is 23.7 Å². The van der Waals surface area contributed by atoms with E-state index in [0.29, 0.717) is 9.52 Å². The van der Waals surface area contributed by atoms with Gasteiger partial charge in [0.1, 0.15) is 0 Å². The van der Waals surface area contributed by atoms with Gasteiger partial charge in [0.15, 0.2) is 0 Å². The van der Waals surface area contributed by atoms with Gasteiger partial charge in [-0.25, -0.2) is 0 Å². The Labute approximate surface area is 304 Å². The first-order valence-corrected chi connectivity index (χ1v) is 29.0. The summed E-state index contributed by atoms with van der Waals surface area (Å²) in [6.45, 7) is 25.1. The molecule has 0 amide bonds. The molecule has 4 aromatic carbocycles. The number of hydrogen-bond acceptors (Lipinski definition) is 0. The van der Waals surface area contributed by atoms with Crippen molar-refractivity contribution in [1.29, 1.82) is 0 Å². The average Bonchev–Trinajstić information content (AvgIpc) is 3.49. The Kier molecular flexibility index (Phi) is 26.3. The van der Waals surface area contributed by atoms with E-state index in [-0.39, 0.29) is 0 Å². The predicted molar refractivity (Wildman–Crippen MR) is 193 cm³/mol. The standard InChI is InChI=1S/2C17H23.C2H4Si.4ClH.2Zr/c2*1-12(2)8-14-10-16-7-5-6-15(9-13(3)4)17(16)11-14;1-3-2;;;;;;/h2*5-7,10-13H,8-9H2,1-4H3;1-2H2;4*1H;;/q2*-1;-2;;;;;2*+4/p-4. The molecule has 43 heavy (non-hydrogen) atoms. The van der Waals surface area contributed by atoms with Crippen molar-refractivity contribution in [2.45, 2.75) is 81.1 Å². The Hall–Kier alpha value is 0.803. The molecule has 0 fully saturated rings. The van der Waals surface area contributed by atoms with Gasteiger partial charge in [-0.05, 0) is 49.4 Å². The maximum absolute atomic E-state index is 4.93. The minimum atomic E-state index is -0.826. The molecule has 4 rings (SSSR count). The topological polar surface area (TPSA) is 0 Å². The van der Waals surface area contributed by atoms with Crippen molar-refractivity contribution in [3.8, 4) is 0 Å². The molecular weight excluding hydrogens is 785 g/mol. The van der Waals surface area contributed by atoms with Crippen LogP contribution in [0.2, 0.25) is 0 Å². The predicted octanol–water partition coefficient (Wildman–Crippen LogP) is 12.9. The summed E-state index contributed by atoms with van der Waals surface area (Å²) in [6, 6.07) is 22.9. The molecule has 0 aliphatic carbocycles. The van der Waals surface area contributed by atoms with Crippen LogP contribution in [0.4, 0.5) is 0 Å². The SMILES string of the molecule is CC(C)Cc1cc2c(CC(C)C)cccc2[cH-]1.CC(C)Cc1cc2c(CC(C)C)cccc2[cH-]1.[CH2-][Si][CH2-].[Cl][Zr+2][Cl].[Cl][Zr+2][Cl].